The van der Waals surface area contributed by atoms with E-state index in [0.717, 1.165) is 12.0 Å². The van der Waals surface area contributed by atoms with Crippen molar-refractivity contribution in [3.63, 3.8) is 0 Å². The first-order valence-corrected chi connectivity index (χ1v) is 5.57. The first-order chi connectivity index (χ1) is 7.60. The van der Waals surface area contributed by atoms with Gasteiger partial charge in [-0.1, -0.05) is 30.7 Å². The lowest BCUT2D eigenvalue weighted by Gasteiger charge is -2.09. The molecule has 2 nitrogen and oxygen atoms in total. The minimum Gasteiger partial charge on any atom is -0.464 e. The summed E-state index contributed by atoms with van der Waals surface area (Å²) >= 11 is 5.94. The molecule has 1 atom stereocenters. The summed E-state index contributed by atoms with van der Waals surface area (Å²) < 4.78 is 18.2. The van der Waals surface area contributed by atoms with Gasteiger partial charge in [0.15, 0.2) is 0 Å². The summed E-state index contributed by atoms with van der Waals surface area (Å²) in [5, 5.41) is 0.479. The van der Waals surface area contributed by atoms with E-state index in [-0.39, 0.29) is 12.2 Å². The molecule has 0 saturated carbocycles. The van der Waals surface area contributed by atoms with Crippen LogP contribution >= 0.6 is 11.6 Å². The van der Waals surface area contributed by atoms with E-state index in [2.05, 4.69) is 4.74 Å². The van der Waals surface area contributed by atoms with Crippen LogP contribution < -0.4 is 0 Å². The maximum Gasteiger partial charge on any atom is 0.345 e. The molecule has 0 bridgehead atoms. The van der Waals surface area contributed by atoms with Gasteiger partial charge in [0.2, 0.25) is 6.17 Å². The third-order valence-electron chi connectivity index (χ3n) is 2.24. The first kappa shape index (κ1) is 13.0. The third-order valence-corrected chi connectivity index (χ3v) is 2.60. The minimum atomic E-state index is -1.76. The number of carbonyl (C=O) groups is 1. The van der Waals surface area contributed by atoms with Gasteiger partial charge in [0.1, 0.15) is 0 Å². The lowest BCUT2D eigenvalue weighted by molar-refractivity contribution is -0.149. The first-order valence-electron chi connectivity index (χ1n) is 5.19. The minimum absolute atomic E-state index is 0.167. The average Bonchev–Trinajstić information content (AvgIpc) is 2.28. The number of carbonyl (C=O) groups excluding carboxylic acids is 1. The van der Waals surface area contributed by atoms with Crippen molar-refractivity contribution in [1.29, 1.82) is 0 Å². The van der Waals surface area contributed by atoms with Crippen molar-refractivity contribution >= 4 is 17.6 Å². The maximum atomic E-state index is 13.6. The Labute approximate surface area is 99.4 Å². The highest BCUT2D eigenvalue weighted by Crippen LogP contribution is 2.25. The molecule has 1 rings (SSSR count). The Bertz CT molecular complexity index is 379. The van der Waals surface area contributed by atoms with Crippen LogP contribution in [-0.4, -0.2) is 12.6 Å². The number of benzene rings is 1. The highest BCUT2D eigenvalue weighted by molar-refractivity contribution is 6.31. The van der Waals surface area contributed by atoms with E-state index < -0.39 is 12.1 Å². The van der Waals surface area contributed by atoms with Crippen LogP contribution in [0.3, 0.4) is 0 Å². The number of esters is 1. The van der Waals surface area contributed by atoms with Crippen LogP contribution in [0.25, 0.3) is 0 Å². The van der Waals surface area contributed by atoms with Crippen molar-refractivity contribution in [3.8, 4) is 0 Å². The standard InChI is InChI=1S/C12H14ClFO2/c1-3-8-5-6-9(7-10(8)13)11(14)12(15)16-4-2/h5-7,11H,3-4H2,1-2H3. The quantitative estimate of drug-likeness (QED) is 0.758. The van der Waals surface area contributed by atoms with Gasteiger partial charge in [-0.05, 0) is 30.5 Å². The van der Waals surface area contributed by atoms with Gasteiger partial charge in [-0.2, -0.15) is 0 Å². The predicted octanol–water partition coefficient (Wildman–Crippen LogP) is 3.48. The molecule has 0 aromatic heterocycles. The van der Waals surface area contributed by atoms with Crippen molar-refractivity contribution in [3.05, 3.63) is 34.3 Å². The third kappa shape index (κ3) is 2.95. The summed E-state index contributed by atoms with van der Waals surface area (Å²) in [5.74, 6) is -0.872. The number of hydrogen-bond donors (Lipinski definition) is 0. The molecule has 88 valence electrons. The van der Waals surface area contributed by atoms with E-state index in [9.17, 15) is 9.18 Å². The second-order valence-electron chi connectivity index (χ2n) is 3.32. The topological polar surface area (TPSA) is 26.3 Å². The Morgan fingerprint density at radius 2 is 2.19 bits per heavy atom. The number of alkyl halides is 1. The molecule has 16 heavy (non-hydrogen) atoms. The molecule has 0 radical (unpaired) electrons. The zero-order chi connectivity index (χ0) is 12.1. The molecule has 1 unspecified atom stereocenters. The van der Waals surface area contributed by atoms with Gasteiger partial charge in [-0.25, -0.2) is 9.18 Å². The van der Waals surface area contributed by atoms with Gasteiger partial charge in [0.25, 0.3) is 0 Å². The highest BCUT2D eigenvalue weighted by atomic mass is 35.5. The monoisotopic (exact) mass is 244 g/mol. The smallest absolute Gasteiger partial charge is 0.345 e. The van der Waals surface area contributed by atoms with Gasteiger partial charge >= 0.3 is 5.97 Å². The van der Waals surface area contributed by atoms with Crippen LogP contribution in [0.5, 0.6) is 0 Å². The normalized spacial score (nSPS) is 12.2. The van der Waals surface area contributed by atoms with Crippen LogP contribution in [-0.2, 0) is 16.0 Å². The fraction of sp³-hybridized carbons (Fsp3) is 0.417. The van der Waals surface area contributed by atoms with Crippen LogP contribution in [0.15, 0.2) is 18.2 Å². The van der Waals surface area contributed by atoms with Crippen molar-refractivity contribution in [2.24, 2.45) is 0 Å². The Morgan fingerprint density at radius 1 is 1.50 bits per heavy atom. The number of hydrogen-bond acceptors (Lipinski definition) is 2. The molecule has 0 amide bonds. The van der Waals surface area contributed by atoms with E-state index in [1.54, 1.807) is 19.1 Å². The van der Waals surface area contributed by atoms with Crippen LogP contribution in [0.1, 0.15) is 31.1 Å². The molecule has 1 aromatic carbocycles. The Hall–Kier alpha value is -1.09. The predicted molar refractivity (Wildman–Crippen MR) is 61.3 cm³/mol. The summed E-state index contributed by atoms with van der Waals surface area (Å²) in [6.45, 7) is 3.76. The second kappa shape index (κ2) is 5.85. The van der Waals surface area contributed by atoms with Gasteiger partial charge < -0.3 is 4.74 Å². The largest absolute Gasteiger partial charge is 0.464 e. The molecule has 0 spiro atoms. The fourth-order valence-electron chi connectivity index (χ4n) is 1.36. The van der Waals surface area contributed by atoms with Crippen LogP contribution in [0.2, 0.25) is 5.02 Å². The fourth-order valence-corrected chi connectivity index (χ4v) is 1.68. The van der Waals surface area contributed by atoms with E-state index >= 15 is 0 Å². The Morgan fingerprint density at radius 3 is 2.69 bits per heavy atom. The molecular formula is C12H14ClFO2. The number of aryl methyl sites for hydroxylation is 1. The molecule has 0 aliphatic rings. The molecule has 0 N–H and O–H groups in total. The summed E-state index contributed by atoms with van der Waals surface area (Å²) in [4.78, 5) is 11.2. The zero-order valence-electron chi connectivity index (χ0n) is 9.30. The highest BCUT2D eigenvalue weighted by Gasteiger charge is 2.21. The molecule has 0 aliphatic heterocycles. The SMILES string of the molecule is CCOC(=O)C(F)c1ccc(CC)c(Cl)c1. The van der Waals surface area contributed by atoms with Crippen molar-refractivity contribution in [2.75, 3.05) is 6.61 Å². The molecule has 0 aliphatic carbocycles. The van der Waals surface area contributed by atoms with Crippen molar-refractivity contribution in [1.82, 2.24) is 0 Å². The Balaban J connectivity index is 2.88. The van der Waals surface area contributed by atoms with Crippen molar-refractivity contribution in [2.45, 2.75) is 26.4 Å². The molecular weight excluding hydrogens is 231 g/mol. The molecule has 4 heteroatoms. The van der Waals surface area contributed by atoms with Gasteiger partial charge in [0.05, 0.1) is 6.61 Å². The van der Waals surface area contributed by atoms with Gasteiger partial charge in [-0.3, -0.25) is 0 Å². The van der Waals surface area contributed by atoms with E-state index in [0.29, 0.717) is 5.02 Å². The number of ether oxygens (including phenoxy) is 1. The number of halogens is 2. The summed E-state index contributed by atoms with van der Waals surface area (Å²) in [6.07, 6.45) is -0.987. The summed E-state index contributed by atoms with van der Waals surface area (Å²) in [7, 11) is 0. The average molecular weight is 245 g/mol. The van der Waals surface area contributed by atoms with Crippen LogP contribution in [0, 0.1) is 0 Å². The molecule has 0 saturated heterocycles. The molecule has 0 heterocycles. The second-order valence-corrected chi connectivity index (χ2v) is 3.73. The van der Waals surface area contributed by atoms with E-state index in [1.807, 2.05) is 6.92 Å². The lowest BCUT2D eigenvalue weighted by atomic mass is 10.1. The van der Waals surface area contributed by atoms with Crippen LogP contribution in [0.4, 0.5) is 4.39 Å². The van der Waals surface area contributed by atoms with Crippen molar-refractivity contribution < 1.29 is 13.9 Å². The van der Waals surface area contributed by atoms with Gasteiger partial charge in [0, 0.05) is 5.02 Å². The van der Waals surface area contributed by atoms with Gasteiger partial charge in [-0.15, -0.1) is 0 Å². The van der Waals surface area contributed by atoms with E-state index in [4.69, 9.17) is 11.6 Å². The maximum absolute atomic E-state index is 13.6. The number of rotatable bonds is 4. The summed E-state index contributed by atoms with van der Waals surface area (Å²) in [6, 6.07) is 4.76. The molecule has 0 fully saturated rings. The summed E-state index contributed by atoms with van der Waals surface area (Å²) in [5.41, 5.74) is 1.17. The lowest BCUT2D eigenvalue weighted by Crippen LogP contribution is -2.12. The molecule has 1 aromatic rings. The Kier molecular flexibility index (Phi) is 4.74. The zero-order valence-corrected chi connectivity index (χ0v) is 10.1. The van der Waals surface area contributed by atoms with E-state index in [1.165, 1.54) is 6.07 Å².